The van der Waals surface area contributed by atoms with E-state index in [2.05, 4.69) is 12.2 Å². The lowest BCUT2D eigenvalue weighted by Gasteiger charge is -2.17. The van der Waals surface area contributed by atoms with Crippen molar-refractivity contribution in [3.63, 3.8) is 0 Å². The van der Waals surface area contributed by atoms with E-state index in [1.54, 1.807) is 0 Å². The lowest BCUT2D eigenvalue weighted by molar-refractivity contribution is 0.0101. The van der Waals surface area contributed by atoms with Crippen LogP contribution >= 0.6 is 0 Å². The van der Waals surface area contributed by atoms with Gasteiger partial charge < -0.3 is 10.2 Å². The van der Waals surface area contributed by atoms with Gasteiger partial charge in [-0.1, -0.05) is 12.2 Å². The standard InChI is InChI=1S/C8H14O2/c9-7-5-3-1-2-4-6-8(7)10/h1-2,7-10H,3-6H2/t7-,8-/m1/s1. The number of hydrogen-bond acceptors (Lipinski definition) is 2. The summed E-state index contributed by atoms with van der Waals surface area (Å²) in [5, 5.41) is 18.4. The van der Waals surface area contributed by atoms with Crippen LogP contribution in [0.2, 0.25) is 0 Å². The van der Waals surface area contributed by atoms with Crippen LogP contribution in [0, 0.1) is 0 Å². The van der Waals surface area contributed by atoms with Crippen molar-refractivity contribution in [2.75, 3.05) is 0 Å². The van der Waals surface area contributed by atoms with E-state index in [-0.39, 0.29) is 0 Å². The lowest BCUT2D eigenvalue weighted by atomic mass is 10.0. The summed E-state index contributed by atoms with van der Waals surface area (Å²) in [6.45, 7) is 0. The maximum atomic E-state index is 9.20. The second kappa shape index (κ2) is 3.74. The molecule has 0 spiro atoms. The summed E-state index contributed by atoms with van der Waals surface area (Å²) < 4.78 is 0. The van der Waals surface area contributed by atoms with Gasteiger partial charge in [0.15, 0.2) is 0 Å². The van der Waals surface area contributed by atoms with E-state index in [1.807, 2.05) is 0 Å². The van der Waals surface area contributed by atoms with Crippen LogP contribution in [-0.4, -0.2) is 22.4 Å². The third-order valence-corrected chi connectivity index (χ3v) is 1.87. The van der Waals surface area contributed by atoms with Crippen LogP contribution in [-0.2, 0) is 0 Å². The molecule has 0 fully saturated rings. The third-order valence-electron chi connectivity index (χ3n) is 1.87. The zero-order valence-corrected chi connectivity index (χ0v) is 6.03. The highest BCUT2D eigenvalue weighted by atomic mass is 16.3. The topological polar surface area (TPSA) is 40.5 Å². The molecule has 0 amide bonds. The van der Waals surface area contributed by atoms with Crippen molar-refractivity contribution in [1.82, 2.24) is 0 Å². The highest BCUT2D eigenvalue weighted by molar-refractivity contribution is 4.87. The van der Waals surface area contributed by atoms with Crippen LogP contribution in [0.5, 0.6) is 0 Å². The van der Waals surface area contributed by atoms with Gasteiger partial charge in [-0.05, 0) is 25.7 Å². The summed E-state index contributed by atoms with van der Waals surface area (Å²) in [5.74, 6) is 0. The van der Waals surface area contributed by atoms with Crippen LogP contribution < -0.4 is 0 Å². The monoisotopic (exact) mass is 142 g/mol. The Kier molecular flexibility index (Phi) is 2.90. The fourth-order valence-electron chi connectivity index (χ4n) is 1.15. The molecule has 2 nitrogen and oxygen atoms in total. The first kappa shape index (κ1) is 7.76. The van der Waals surface area contributed by atoms with Crippen molar-refractivity contribution in [3.05, 3.63) is 12.2 Å². The van der Waals surface area contributed by atoms with Gasteiger partial charge in [-0.25, -0.2) is 0 Å². The summed E-state index contributed by atoms with van der Waals surface area (Å²) in [4.78, 5) is 0. The van der Waals surface area contributed by atoms with Gasteiger partial charge in [0, 0.05) is 0 Å². The Hall–Kier alpha value is -0.340. The predicted octanol–water partition coefficient (Wildman–Crippen LogP) is 0.838. The Morgan fingerprint density at radius 2 is 1.30 bits per heavy atom. The molecular formula is C8H14O2. The van der Waals surface area contributed by atoms with Gasteiger partial charge in [-0.15, -0.1) is 0 Å². The number of aliphatic hydroxyl groups is 2. The molecule has 0 radical (unpaired) electrons. The molecule has 1 rings (SSSR count). The average Bonchev–Trinajstić information content (AvgIpc) is 1.92. The Balaban J connectivity index is 2.40. The molecule has 1 aliphatic rings. The number of aliphatic hydroxyl groups excluding tert-OH is 2. The highest BCUT2D eigenvalue weighted by Gasteiger charge is 2.15. The van der Waals surface area contributed by atoms with Gasteiger partial charge >= 0.3 is 0 Å². The highest BCUT2D eigenvalue weighted by Crippen LogP contribution is 2.12. The van der Waals surface area contributed by atoms with Crippen molar-refractivity contribution in [2.45, 2.75) is 37.9 Å². The molecule has 1 aliphatic carbocycles. The average molecular weight is 142 g/mol. The third kappa shape index (κ3) is 2.12. The minimum absolute atomic E-state index is 0.509. The summed E-state index contributed by atoms with van der Waals surface area (Å²) in [5.41, 5.74) is 0. The van der Waals surface area contributed by atoms with Crippen LogP contribution in [0.1, 0.15) is 25.7 Å². The molecule has 0 heterocycles. The van der Waals surface area contributed by atoms with Crippen molar-refractivity contribution in [1.29, 1.82) is 0 Å². The number of allylic oxidation sites excluding steroid dienone is 2. The van der Waals surface area contributed by atoms with Gasteiger partial charge in [-0.3, -0.25) is 0 Å². The maximum Gasteiger partial charge on any atom is 0.0802 e. The molecule has 58 valence electrons. The summed E-state index contributed by atoms with van der Waals surface area (Å²) in [7, 11) is 0. The molecule has 0 aromatic carbocycles. The van der Waals surface area contributed by atoms with E-state index in [4.69, 9.17) is 0 Å². The molecule has 0 unspecified atom stereocenters. The molecule has 0 saturated heterocycles. The Bertz CT molecular complexity index is 106. The first-order valence-electron chi connectivity index (χ1n) is 3.82. The van der Waals surface area contributed by atoms with E-state index in [0.29, 0.717) is 12.8 Å². The molecule has 0 aliphatic heterocycles. The fourth-order valence-corrected chi connectivity index (χ4v) is 1.15. The first-order chi connectivity index (χ1) is 4.80. The number of rotatable bonds is 0. The summed E-state index contributed by atoms with van der Waals surface area (Å²) in [6, 6.07) is 0. The molecule has 0 bridgehead atoms. The van der Waals surface area contributed by atoms with Crippen molar-refractivity contribution >= 4 is 0 Å². The molecule has 2 heteroatoms. The van der Waals surface area contributed by atoms with Crippen LogP contribution in [0.3, 0.4) is 0 Å². The second-order valence-corrected chi connectivity index (χ2v) is 2.76. The van der Waals surface area contributed by atoms with Gasteiger partial charge in [0.1, 0.15) is 0 Å². The molecule has 0 saturated carbocycles. The lowest BCUT2D eigenvalue weighted by Crippen LogP contribution is -2.25. The van der Waals surface area contributed by atoms with Crippen LogP contribution in [0.15, 0.2) is 12.2 Å². The molecule has 2 atom stereocenters. The Morgan fingerprint density at radius 3 is 1.70 bits per heavy atom. The smallest absolute Gasteiger partial charge is 0.0802 e. The minimum atomic E-state index is -0.509. The Morgan fingerprint density at radius 1 is 0.900 bits per heavy atom. The number of hydrogen-bond donors (Lipinski definition) is 2. The maximum absolute atomic E-state index is 9.20. The molecule has 0 aromatic heterocycles. The summed E-state index contributed by atoms with van der Waals surface area (Å²) >= 11 is 0. The largest absolute Gasteiger partial charge is 0.390 e. The minimum Gasteiger partial charge on any atom is -0.390 e. The van der Waals surface area contributed by atoms with Crippen LogP contribution in [0.4, 0.5) is 0 Å². The molecular weight excluding hydrogens is 128 g/mol. The fraction of sp³-hybridized carbons (Fsp3) is 0.750. The quantitative estimate of drug-likeness (QED) is 0.492. The SMILES string of the molecule is O[C@@H]1CCC=CCC[C@H]1O. The molecule has 2 N–H and O–H groups in total. The predicted molar refractivity (Wildman–Crippen MR) is 39.6 cm³/mol. The van der Waals surface area contributed by atoms with Gasteiger partial charge in [0.05, 0.1) is 12.2 Å². The van der Waals surface area contributed by atoms with Crippen molar-refractivity contribution < 1.29 is 10.2 Å². The van der Waals surface area contributed by atoms with Gasteiger partial charge in [-0.2, -0.15) is 0 Å². The van der Waals surface area contributed by atoms with Gasteiger partial charge in [0.25, 0.3) is 0 Å². The molecule has 10 heavy (non-hydrogen) atoms. The Labute approximate surface area is 61.2 Å². The molecule has 0 aromatic rings. The normalized spacial score (nSPS) is 35.0. The first-order valence-corrected chi connectivity index (χ1v) is 3.82. The van der Waals surface area contributed by atoms with E-state index < -0.39 is 12.2 Å². The van der Waals surface area contributed by atoms with Gasteiger partial charge in [0.2, 0.25) is 0 Å². The van der Waals surface area contributed by atoms with Crippen molar-refractivity contribution in [2.24, 2.45) is 0 Å². The zero-order chi connectivity index (χ0) is 7.40. The summed E-state index contributed by atoms with van der Waals surface area (Å²) in [6.07, 6.45) is 6.27. The van der Waals surface area contributed by atoms with E-state index >= 15 is 0 Å². The van der Waals surface area contributed by atoms with E-state index in [0.717, 1.165) is 12.8 Å². The van der Waals surface area contributed by atoms with Crippen molar-refractivity contribution in [3.8, 4) is 0 Å². The second-order valence-electron chi connectivity index (χ2n) is 2.76. The zero-order valence-electron chi connectivity index (χ0n) is 6.03. The van der Waals surface area contributed by atoms with E-state index in [9.17, 15) is 10.2 Å². The van der Waals surface area contributed by atoms with E-state index in [1.165, 1.54) is 0 Å². The van der Waals surface area contributed by atoms with Crippen LogP contribution in [0.25, 0.3) is 0 Å².